The SMILES string of the molecule is COc1cc(CC[C@H](C[C@H](CC[C@H](CO)CCCc2ccccc2)OC(C)=O)OC(C)=O)c(C2=CCNC(N)=C2)cc1O. The van der Waals surface area contributed by atoms with E-state index < -0.39 is 24.1 Å². The van der Waals surface area contributed by atoms with Crippen molar-refractivity contribution in [2.45, 2.75) is 77.4 Å². The standard InChI is InChI=1S/C34H46N2O7/c1-23(38)42-29(14-12-26(22-37)11-7-10-25-8-5-4-6-9-25)20-30(43-24(2)39)15-13-27-18-33(41-3)32(40)21-31(27)28-16-17-36-34(35)19-28/h4-6,8-9,16,18-19,21,26,29-30,36-37,40H,7,10-15,17,20,22,35H2,1-3H3/t26-,29+,30-/m1/s1. The summed E-state index contributed by atoms with van der Waals surface area (Å²) in [6, 6.07) is 13.7. The van der Waals surface area contributed by atoms with Crippen LogP contribution in [0.4, 0.5) is 0 Å². The highest BCUT2D eigenvalue weighted by molar-refractivity contribution is 5.79. The van der Waals surface area contributed by atoms with Gasteiger partial charge in [0.2, 0.25) is 0 Å². The number of rotatable bonds is 17. The molecule has 0 amide bonds. The quantitative estimate of drug-likeness (QED) is 0.190. The molecule has 0 aliphatic carbocycles. The number of nitrogens with one attached hydrogen (secondary N) is 1. The Morgan fingerprint density at radius 2 is 1.67 bits per heavy atom. The molecule has 43 heavy (non-hydrogen) atoms. The molecule has 1 aliphatic rings. The highest BCUT2D eigenvalue weighted by Crippen LogP contribution is 2.35. The first kappa shape index (κ1) is 33.5. The largest absolute Gasteiger partial charge is 0.504 e. The number of aryl methyl sites for hydroxylation is 2. The fourth-order valence-corrected chi connectivity index (χ4v) is 5.51. The molecule has 0 fully saturated rings. The molecule has 0 saturated heterocycles. The Bertz CT molecular complexity index is 1260. The Hall–Kier alpha value is -3.98. The molecule has 2 aromatic carbocycles. The molecular formula is C34H46N2O7. The first-order valence-corrected chi connectivity index (χ1v) is 15.0. The molecule has 0 unspecified atom stereocenters. The Morgan fingerprint density at radius 1 is 0.977 bits per heavy atom. The smallest absolute Gasteiger partial charge is 0.302 e. The van der Waals surface area contributed by atoms with Crippen molar-refractivity contribution in [1.29, 1.82) is 0 Å². The normalized spacial score (nSPS) is 14.9. The van der Waals surface area contributed by atoms with E-state index in [0.717, 1.165) is 36.0 Å². The maximum atomic E-state index is 12.1. The molecule has 9 heteroatoms. The number of phenols is 1. The molecule has 0 aromatic heterocycles. The molecule has 9 nitrogen and oxygen atoms in total. The lowest BCUT2D eigenvalue weighted by Crippen LogP contribution is -2.28. The van der Waals surface area contributed by atoms with Gasteiger partial charge in [-0.2, -0.15) is 0 Å². The van der Waals surface area contributed by atoms with Gasteiger partial charge in [0, 0.05) is 33.4 Å². The fourth-order valence-electron chi connectivity index (χ4n) is 5.51. The molecule has 0 spiro atoms. The molecule has 2 aromatic rings. The van der Waals surface area contributed by atoms with Gasteiger partial charge in [-0.15, -0.1) is 0 Å². The Morgan fingerprint density at radius 3 is 2.30 bits per heavy atom. The van der Waals surface area contributed by atoms with Crippen molar-refractivity contribution < 1.29 is 34.0 Å². The van der Waals surface area contributed by atoms with E-state index in [9.17, 15) is 19.8 Å². The van der Waals surface area contributed by atoms with Crippen molar-refractivity contribution in [2.24, 2.45) is 11.7 Å². The number of carbonyl (C=O) groups excluding carboxylic acids is 2. The second kappa shape index (κ2) is 17.2. The number of allylic oxidation sites excluding steroid dienone is 2. The molecule has 1 aliphatic heterocycles. The summed E-state index contributed by atoms with van der Waals surface area (Å²) in [5.74, 6) is 0.155. The van der Waals surface area contributed by atoms with Crippen LogP contribution in [-0.2, 0) is 31.9 Å². The summed E-state index contributed by atoms with van der Waals surface area (Å²) in [6.45, 7) is 3.36. The van der Waals surface area contributed by atoms with Gasteiger partial charge >= 0.3 is 11.9 Å². The minimum atomic E-state index is -0.511. The van der Waals surface area contributed by atoms with E-state index in [-0.39, 0.29) is 18.3 Å². The molecule has 5 N–H and O–H groups in total. The molecule has 0 bridgehead atoms. The number of aromatic hydroxyl groups is 1. The number of dihydropyridines is 1. The number of ether oxygens (including phenoxy) is 3. The third-order valence-corrected chi connectivity index (χ3v) is 7.66. The van der Waals surface area contributed by atoms with E-state index in [4.69, 9.17) is 19.9 Å². The van der Waals surface area contributed by atoms with Crippen LogP contribution in [0, 0.1) is 5.92 Å². The maximum absolute atomic E-state index is 12.1. The first-order valence-electron chi connectivity index (χ1n) is 15.0. The number of hydrogen-bond donors (Lipinski definition) is 4. The molecular weight excluding hydrogens is 548 g/mol. The van der Waals surface area contributed by atoms with Crippen molar-refractivity contribution in [3.63, 3.8) is 0 Å². The van der Waals surface area contributed by atoms with Gasteiger partial charge in [0.15, 0.2) is 11.5 Å². The van der Waals surface area contributed by atoms with Crippen LogP contribution in [0.3, 0.4) is 0 Å². The zero-order chi connectivity index (χ0) is 31.2. The van der Waals surface area contributed by atoms with Gasteiger partial charge in [-0.1, -0.05) is 36.4 Å². The average Bonchev–Trinajstić information content (AvgIpc) is 2.97. The van der Waals surface area contributed by atoms with Crippen molar-refractivity contribution in [3.8, 4) is 11.5 Å². The number of nitrogens with two attached hydrogens (primary N) is 1. The molecule has 3 atom stereocenters. The lowest BCUT2D eigenvalue weighted by molar-refractivity contribution is -0.153. The summed E-state index contributed by atoms with van der Waals surface area (Å²) in [7, 11) is 1.49. The Labute approximate surface area is 254 Å². The lowest BCUT2D eigenvalue weighted by atomic mass is 9.91. The number of hydrogen-bond acceptors (Lipinski definition) is 9. The highest BCUT2D eigenvalue weighted by atomic mass is 16.6. The summed E-state index contributed by atoms with van der Waals surface area (Å²) < 4.78 is 16.7. The number of esters is 2. The number of phenolic OH excluding ortho intramolecular Hbond substituents is 1. The second-order valence-corrected chi connectivity index (χ2v) is 11.1. The van der Waals surface area contributed by atoms with Gasteiger partial charge in [-0.05, 0) is 91.3 Å². The van der Waals surface area contributed by atoms with Crippen molar-refractivity contribution in [3.05, 3.63) is 77.1 Å². The topological polar surface area (TPSA) is 140 Å². The first-order chi connectivity index (χ1) is 20.7. The maximum Gasteiger partial charge on any atom is 0.302 e. The fraction of sp³-hybridized carbons (Fsp3) is 0.471. The average molecular weight is 595 g/mol. The number of benzene rings is 2. The van der Waals surface area contributed by atoms with Crippen LogP contribution in [0.1, 0.15) is 69.1 Å². The summed E-state index contributed by atoms with van der Waals surface area (Å²) in [4.78, 5) is 24.0. The number of aliphatic hydroxyl groups excluding tert-OH is 1. The predicted octanol–water partition coefficient (Wildman–Crippen LogP) is 4.79. The van der Waals surface area contributed by atoms with Gasteiger partial charge < -0.3 is 35.5 Å². The van der Waals surface area contributed by atoms with Crippen LogP contribution in [0.25, 0.3) is 5.57 Å². The molecule has 3 rings (SSSR count). The van der Waals surface area contributed by atoms with Crippen LogP contribution in [0.15, 0.2) is 60.4 Å². The van der Waals surface area contributed by atoms with Crippen LogP contribution >= 0.6 is 0 Å². The van der Waals surface area contributed by atoms with Gasteiger partial charge in [0.05, 0.1) is 12.9 Å². The summed E-state index contributed by atoms with van der Waals surface area (Å²) in [5.41, 5.74) is 9.84. The zero-order valence-corrected chi connectivity index (χ0v) is 25.5. The number of methoxy groups -OCH3 is 1. The number of carbonyl (C=O) groups is 2. The van der Waals surface area contributed by atoms with E-state index in [2.05, 4.69) is 17.4 Å². The van der Waals surface area contributed by atoms with Gasteiger partial charge in [-0.3, -0.25) is 9.59 Å². The van der Waals surface area contributed by atoms with E-state index in [1.165, 1.54) is 26.5 Å². The van der Waals surface area contributed by atoms with Gasteiger partial charge in [0.25, 0.3) is 0 Å². The predicted molar refractivity (Wildman–Crippen MR) is 166 cm³/mol. The molecule has 0 saturated carbocycles. The Kier molecular flexibility index (Phi) is 13.4. The van der Waals surface area contributed by atoms with Crippen molar-refractivity contribution in [1.82, 2.24) is 5.32 Å². The highest BCUT2D eigenvalue weighted by Gasteiger charge is 2.24. The van der Waals surface area contributed by atoms with E-state index in [0.29, 0.717) is 50.2 Å². The number of aliphatic hydroxyl groups is 1. The van der Waals surface area contributed by atoms with Crippen LogP contribution < -0.4 is 15.8 Å². The van der Waals surface area contributed by atoms with E-state index in [1.807, 2.05) is 30.4 Å². The minimum absolute atomic E-state index is 0.0151. The zero-order valence-electron chi connectivity index (χ0n) is 25.5. The molecule has 1 heterocycles. The van der Waals surface area contributed by atoms with Crippen LogP contribution in [0.2, 0.25) is 0 Å². The Balaban J connectivity index is 1.69. The van der Waals surface area contributed by atoms with Crippen molar-refractivity contribution >= 4 is 17.5 Å². The monoisotopic (exact) mass is 594 g/mol. The van der Waals surface area contributed by atoms with E-state index >= 15 is 0 Å². The molecule has 0 radical (unpaired) electrons. The summed E-state index contributed by atoms with van der Waals surface area (Å²) in [6.07, 6.45) is 8.13. The van der Waals surface area contributed by atoms with Gasteiger partial charge in [-0.25, -0.2) is 0 Å². The third kappa shape index (κ3) is 11.3. The van der Waals surface area contributed by atoms with Crippen molar-refractivity contribution in [2.75, 3.05) is 20.3 Å². The van der Waals surface area contributed by atoms with E-state index in [1.54, 1.807) is 12.1 Å². The van der Waals surface area contributed by atoms with Crippen LogP contribution in [0.5, 0.6) is 11.5 Å². The minimum Gasteiger partial charge on any atom is -0.504 e. The van der Waals surface area contributed by atoms with Gasteiger partial charge in [0.1, 0.15) is 12.2 Å². The summed E-state index contributed by atoms with van der Waals surface area (Å²) >= 11 is 0. The van der Waals surface area contributed by atoms with Crippen LogP contribution in [-0.4, -0.2) is 54.6 Å². The second-order valence-electron chi connectivity index (χ2n) is 11.1. The summed E-state index contributed by atoms with van der Waals surface area (Å²) in [5, 5.41) is 23.6. The third-order valence-electron chi connectivity index (χ3n) is 7.66. The lowest BCUT2D eigenvalue weighted by Gasteiger charge is -2.25. The molecule has 234 valence electrons.